The van der Waals surface area contributed by atoms with Crippen LogP contribution < -0.4 is 0 Å². The lowest BCUT2D eigenvalue weighted by molar-refractivity contribution is -0.132. The van der Waals surface area contributed by atoms with Crippen molar-refractivity contribution in [3.8, 4) is 0 Å². The Morgan fingerprint density at radius 2 is 2.29 bits per heavy atom. The Bertz CT molecular complexity index is 364. The van der Waals surface area contributed by atoms with E-state index in [1.807, 2.05) is 20.0 Å². The van der Waals surface area contributed by atoms with E-state index < -0.39 is 5.97 Å². The highest BCUT2D eigenvalue weighted by Gasteiger charge is 2.03. The Morgan fingerprint density at radius 1 is 1.64 bits per heavy atom. The van der Waals surface area contributed by atoms with Crippen LogP contribution in [0.15, 0.2) is 18.0 Å². The molecular weight excluding hydrogens is 180 g/mol. The molecule has 1 rings (SSSR count). The maximum absolute atomic E-state index is 10.5. The van der Waals surface area contributed by atoms with Gasteiger partial charge in [0.15, 0.2) is 0 Å². The topological polar surface area (TPSA) is 55.1 Å². The summed E-state index contributed by atoms with van der Waals surface area (Å²) in [6, 6.07) is 0.294. The van der Waals surface area contributed by atoms with Gasteiger partial charge in [0.2, 0.25) is 0 Å². The highest BCUT2D eigenvalue weighted by molar-refractivity contribution is 5.91. The highest BCUT2D eigenvalue weighted by Crippen LogP contribution is 2.09. The van der Waals surface area contributed by atoms with Crippen LogP contribution in [0.4, 0.5) is 0 Å². The lowest BCUT2D eigenvalue weighted by Gasteiger charge is -2.02. The minimum Gasteiger partial charge on any atom is -0.478 e. The monoisotopic (exact) mass is 194 g/mol. The van der Waals surface area contributed by atoms with E-state index in [4.69, 9.17) is 5.11 Å². The number of aliphatic carboxylic acids is 1. The van der Waals surface area contributed by atoms with Crippen LogP contribution in [-0.2, 0) is 4.79 Å². The third kappa shape index (κ3) is 2.45. The molecule has 4 nitrogen and oxygen atoms in total. The summed E-state index contributed by atoms with van der Waals surface area (Å²) >= 11 is 0. The fraction of sp³-hybridized carbons (Fsp3) is 0.400. The van der Waals surface area contributed by atoms with Gasteiger partial charge in [-0.2, -0.15) is 5.10 Å². The molecule has 0 amide bonds. The van der Waals surface area contributed by atoms with Crippen LogP contribution in [-0.4, -0.2) is 20.9 Å². The van der Waals surface area contributed by atoms with E-state index in [-0.39, 0.29) is 0 Å². The molecule has 0 aliphatic rings. The fourth-order valence-electron chi connectivity index (χ4n) is 1.02. The average Bonchev–Trinajstić information content (AvgIpc) is 2.52. The zero-order valence-corrected chi connectivity index (χ0v) is 8.56. The van der Waals surface area contributed by atoms with Gasteiger partial charge in [0.1, 0.15) is 0 Å². The molecule has 0 radical (unpaired) electrons. The summed E-state index contributed by atoms with van der Waals surface area (Å²) in [7, 11) is 0. The number of nitrogens with zero attached hydrogens (tertiary/aromatic N) is 2. The van der Waals surface area contributed by atoms with E-state index in [0.29, 0.717) is 11.6 Å². The summed E-state index contributed by atoms with van der Waals surface area (Å²) in [5, 5.41) is 12.8. The molecule has 0 saturated carbocycles. The Hall–Kier alpha value is -1.58. The lowest BCUT2D eigenvalue weighted by Crippen LogP contribution is -1.99. The van der Waals surface area contributed by atoms with Crippen LogP contribution in [0.5, 0.6) is 0 Å². The molecule has 0 saturated heterocycles. The molecule has 14 heavy (non-hydrogen) atoms. The van der Waals surface area contributed by atoms with Crippen molar-refractivity contribution in [1.29, 1.82) is 0 Å². The molecule has 0 aliphatic carbocycles. The molecule has 0 bridgehead atoms. The van der Waals surface area contributed by atoms with Crippen molar-refractivity contribution in [2.24, 2.45) is 0 Å². The van der Waals surface area contributed by atoms with Gasteiger partial charge in [0, 0.05) is 23.4 Å². The molecule has 1 N–H and O–H groups in total. The third-order valence-corrected chi connectivity index (χ3v) is 1.87. The standard InChI is InChI=1S/C10H14N2O2/c1-7(2)12-6-9(5-11-12)4-8(3)10(13)14/h4-7H,1-3H3,(H,13,14)/b8-4-. The van der Waals surface area contributed by atoms with Crippen LogP contribution in [0.1, 0.15) is 32.4 Å². The van der Waals surface area contributed by atoms with E-state index in [2.05, 4.69) is 5.10 Å². The maximum atomic E-state index is 10.5. The molecule has 0 unspecified atom stereocenters. The lowest BCUT2D eigenvalue weighted by atomic mass is 10.2. The number of hydrogen-bond donors (Lipinski definition) is 1. The van der Waals surface area contributed by atoms with Crippen molar-refractivity contribution in [3.63, 3.8) is 0 Å². The van der Waals surface area contributed by atoms with E-state index in [9.17, 15) is 4.79 Å². The first-order valence-electron chi connectivity index (χ1n) is 4.46. The highest BCUT2D eigenvalue weighted by atomic mass is 16.4. The zero-order chi connectivity index (χ0) is 10.7. The quantitative estimate of drug-likeness (QED) is 0.748. The molecule has 0 fully saturated rings. The van der Waals surface area contributed by atoms with E-state index in [1.54, 1.807) is 23.9 Å². The first kappa shape index (κ1) is 10.5. The van der Waals surface area contributed by atoms with Crippen LogP contribution in [0, 0.1) is 0 Å². The molecule has 0 spiro atoms. The molecule has 0 atom stereocenters. The van der Waals surface area contributed by atoms with Crippen molar-refractivity contribution in [3.05, 3.63) is 23.5 Å². The number of carboxylic acid groups (broad SMARTS) is 1. The summed E-state index contributed by atoms with van der Waals surface area (Å²) in [5.41, 5.74) is 1.13. The molecule has 76 valence electrons. The minimum absolute atomic E-state index is 0.294. The number of hydrogen-bond acceptors (Lipinski definition) is 2. The molecule has 0 aliphatic heterocycles. The second-order valence-electron chi connectivity index (χ2n) is 3.48. The molecule has 0 aromatic carbocycles. The minimum atomic E-state index is -0.901. The van der Waals surface area contributed by atoms with Crippen molar-refractivity contribution in [2.45, 2.75) is 26.8 Å². The molecule has 1 aromatic heterocycles. The third-order valence-electron chi connectivity index (χ3n) is 1.87. The van der Waals surface area contributed by atoms with Crippen molar-refractivity contribution in [1.82, 2.24) is 9.78 Å². The van der Waals surface area contributed by atoms with Gasteiger partial charge < -0.3 is 5.11 Å². The predicted octanol–water partition coefficient (Wildman–Crippen LogP) is 1.95. The Labute approximate surface area is 82.9 Å². The van der Waals surface area contributed by atoms with Gasteiger partial charge in [-0.25, -0.2) is 4.79 Å². The summed E-state index contributed by atoms with van der Waals surface area (Å²) in [6.07, 6.45) is 5.10. The van der Waals surface area contributed by atoms with Crippen LogP contribution >= 0.6 is 0 Å². The van der Waals surface area contributed by atoms with Crippen molar-refractivity contribution < 1.29 is 9.90 Å². The first-order valence-corrected chi connectivity index (χ1v) is 4.46. The zero-order valence-electron chi connectivity index (χ0n) is 8.56. The Balaban J connectivity index is 2.88. The Morgan fingerprint density at radius 3 is 2.71 bits per heavy atom. The van der Waals surface area contributed by atoms with Gasteiger partial charge in [-0.15, -0.1) is 0 Å². The smallest absolute Gasteiger partial charge is 0.331 e. The fourth-order valence-corrected chi connectivity index (χ4v) is 1.02. The Kier molecular flexibility index (Phi) is 3.06. The largest absolute Gasteiger partial charge is 0.478 e. The van der Waals surface area contributed by atoms with Gasteiger partial charge in [-0.1, -0.05) is 0 Å². The number of rotatable bonds is 3. The average molecular weight is 194 g/mol. The summed E-state index contributed by atoms with van der Waals surface area (Å²) in [4.78, 5) is 10.5. The SMILES string of the molecule is C/C(=C/c1cnn(C(C)C)c1)C(=O)O. The van der Waals surface area contributed by atoms with Crippen molar-refractivity contribution in [2.75, 3.05) is 0 Å². The molecule has 1 aromatic rings. The number of carboxylic acids is 1. The predicted molar refractivity (Wildman–Crippen MR) is 53.9 cm³/mol. The summed E-state index contributed by atoms with van der Waals surface area (Å²) in [5.74, 6) is -0.901. The number of carbonyl (C=O) groups is 1. The van der Waals surface area contributed by atoms with Crippen LogP contribution in [0.25, 0.3) is 6.08 Å². The van der Waals surface area contributed by atoms with E-state index in [1.165, 1.54) is 0 Å². The summed E-state index contributed by atoms with van der Waals surface area (Å²) < 4.78 is 1.79. The second kappa shape index (κ2) is 4.09. The van der Waals surface area contributed by atoms with Gasteiger partial charge >= 0.3 is 5.97 Å². The normalized spacial score (nSPS) is 12.1. The second-order valence-corrected chi connectivity index (χ2v) is 3.48. The summed E-state index contributed by atoms with van der Waals surface area (Å²) in [6.45, 7) is 5.60. The maximum Gasteiger partial charge on any atom is 0.331 e. The van der Waals surface area contributed by atoms with E-state index in [0.717, 1.165) is 5.56 Å². The first-order chi connectivity index (χ1) is 6.50. The van der Waals surface area contributed by atoms with Crippen LogP contribution in [0.3, 0.4) is 0 Å². The molecule has 1 heterocycles. The van der Waals surface area contributed by atoms with Gasteiger partial charge in [-0.3, -0.25) is 4.68 Å². The van der Waals surface area contributed by atoms with E-state index >= 15 is 0 Å². The molecule has 4 heteroatoms. The van der Waals surface area contributed by atoms with Gasteiger partial charge in [0.25, 0.3) is 0 Å². The molecular formula is C10H14N2O2. The van der Waals surface area contributed by atoms with Crippen LogP contribution in [0.2, 0.25) is 0 Å². The number of aromatic nitrogens is 2. The van der Waals surface area contributed by atoms with Gasteiger partial charge in [-0.05, 0) is 26.8 Å². The van der Waals surface area contributed by atoms with Crippen molar-refractivity contribution >= 4 is 12.0 Å². The van der Waals surface area contributed by atoms with Gasteiger partial charge in [0.05, 0.1) is 6.20 Å².